The molecular weight excluding hydrogens is 288 g/mol. The molecule has 0 aromatic heterocycles. The number of carbonyl (C=O) groups excluding carboxylic acids is 1. The number of benzene rings is 2. The first-order valence-electron chi connectivity index (χ1n) is 8.03. The van der Waals surface area contributed by atoms with Crippen molar-refractivity contribution < 1.29 is 9.53 Å². The minimum absolute atomic E-state index is 0.284. The van der Waals surface area contributed by atoms with Crippen molar-refractivity contribution >= 4 is 17.3 Å². The van der Waals surface area contributed by atoms with E-state index in [1.54, 1.807) is 24.3 Å². The molecule has 0 radical (unpaired) electrons. The van der Waals surface area contributed by atoms with E-state index in [1.807, 2.05) is 30.3 Å². The molecule has 2 aromatic carbocycles. The molecule has 2 aromatic rings. The van der Waals surface area contributed by atoms with Gasteiger partial charge in [0.2, 0.25) is 0 Å². The highest BCUT2D eigenvalue weighted by Gasteiger charge is 2.06. The Kier molecular flexibility index (Phi) is 6.98. The normalized spacial score (nSPS) is 10.8. The van der Waals surface area contributed by atoms with E-state index in [0.717, 1.165) is 18.5 Å². The SMILES string of the molecule is CCCCCCOC(=O)c1ccc(N=Nc2ccccc2)cc1. The number of hydrogen-bond donors (Lipinski definition) is 0. The lowest BCUT2D eigenvalue weighted by Crippen LogP contribution is -2.06. The molecule has 4 nitrogen and oxygen atoms in total. The smallest absolute Gasteiger partial charge is 0.338 e. The van der Waals surface area contributed by atoms with Crippen molar-refractivity contribution in [1.29, 1.82) is 0 Å². The van der Waals surface area contributed by atoms with Crippen LogP contribution in [0.3, 0.4) is 0 Å². The summed E-state index contributed by atoms with van der Waals surface area (Å²) in [5.41, 5.74) is 2.04. The summed E-state index contributed by atoms with van der Waals surface area (Å²) in [7, 11) is 0. The van der Waals surface area contributed by atoms with Gasteiger partial charge in [0.25, 0.3) is 0 Å². The van der Waals surface area contributed by atoms with Gasteiger partial charge in [0.15, 0.2) is 0 Å². The van der Waals surface area contributed by atoms with Crippen molar-refractivity contribution in [3.05, 3.63) is 60.2 Å². The van der Waals surface area contributed by atoms with E-state index in [-0.39, 0.29) is 5.97 Å². The Balaban J connectivity index is 1.84. The first-order chi connectivity index (χ1) is 11.3. The second-order valence-corrected chi connectivity index (χ2v) is 5.28. The summed E-state index contributed by atoms with van der Waals surface area (Å²) in [6.07, 6.45) is 4.37. The van der Waals surface area contributed by atoms with Gasteiger partial charge in [-0.2, -0.15) is 10.2 Å². The Bertz CT molecular complexity index is 622. The average Bonchev–Trinajstić information content (AvgIpc) is 2.61. The third-order valence-corrected chi connectivity index (χ3v) is 3.37. The van der Waals surface area contributed by atoms with Gasteiger partial charge in [-0.05, 0) is 42.8 Å². The number of rotatable bonds is 8. The number of hydrogen-bond acceptors (Lipinski definition) is 4. The van der Waals surface area contributed by atoms with E-state index in [0.29, 0.717) is 17.9 Å². The third-order valence-electron chi connectivity index (χ3n) is 3.37. The van der Waals surface area contributed by atoms with Crippen LogP contribution in [0.1, 0.15) is 43.0 Å². The Morgan fingerprint density at radius 3 is 2.17 bits per heavy atom. The van der Waals surface area contributed by atoms with Gasteiger partial charge in [-0.25, -0.2) is 4.79 Å². The summed E-state index contributed by atoms with van der Waals surface area (Å²) in [5, 5.41) is 8.28. The highest BCUT2D eigenvalue weighted by Crippen LogP contribution is 2.18. The Hall–Kier alpha value is -2.49. The van der Waals surface area contributed by atoms with E-state index in [2.05, 4.69) is 17.2 Å². The van der Waals surface area contributed by atoms with Crippen molar-refractivity contribution in [2.75, 3.05) is 6.61 Å². The van der Waals surface area contributed by atoms with Gasteiger partial charge in [-0.3, -0.25) is 0 Å². The molecule has 0 fully saturated rings. The largest absolute Gasteiger partial charge is 0.462 e. The van der Waals surface area contributed by atoms with E-state index in [9.17, 15) is 4.79 Å². The molecule has 0 heterocycles. The number of azo groups is 1. The summed E-state index contributed by atoms with van der Waals surface area (Å²) in [6.45, 7) is 2.64. The second kappa shape index (κ2) is 9.51. The van der Waals surface area contributed by atoms with Gasteiger partial charge in [-0.15, -0.1) is 0 Å². The molecule has 120 valence electrons. The summed E-state index contributed by atoms with van der Waals surface area (Å²) in [6, 6.07) is 16.5. The number of ether oxygens (including phenoxy) is 1. The third kappa shape index (κ3) is 6.02. The monoisotopic (exact) mass is 310 g/mol. The van der Waals surface area contributed by atoms with Crippen molar-refractivity contribution in [1.82, 2.24) is 0 Å². The lowest BCUT2D eigenvalue weighted by molar-refractivity contribution is 0.0498. The molecule has 23 heavy (non-hydrogen) atoms. The maximum absolute atomic E-state index is 11.9. The van der Waals surface area contributed by atoms with Gasteiger partial charge in [0.1, 0.15) is 0 Å². The van der Waals surface area contributed by atoms with E-state index >= 15 is 0 Å². The fourth-order valence-corrected chi connectivity index (χ4v) is 2.05. The zero-order valence-corrected chi connectivity index (χ0v) is 13.4. The zero-order valence-electron chi connectivity index (χ0n) is 13.4. The van der Waals surface area contributed by atoms with Crippen LogP contribution in [-0.2, 0) is 4.74 Å². The fraction of sp³-hybridized carbons (Fsp3) is 0.316. The molecule has 0 atom stereocenters. The molecule has 0 N–H and O–H groups in total. The molecule has 0 amide bonds. The van der Waals surface area contributed by atoms with Crippen LogP contribution in [0.2, 0.25) is 0 Å². The minimum Gasteiger partial charge on any atom is -0.462 e. The minimum atomic E-state index is -0.284. The molecular formula is C19H22N2O2. The van der Waals surface area contributed by atoms with Crippen LogP contribution in [0.25, 0.3) is 0 Å². The molecule has 0 aliphatic rings. The quantitative estimate of drug-likeness (QED) is 0.349. The summed E-state index contributed by atoms with van der Waals surface area (Å²) < 4.78 is 5.25. The van der Waals surface area contributed by atoms with Crippen LogP contribution in [0.5, 0.6) is 0 Å². The van der Waals surface area contributed by atoms with E-state index in [4.69, 9.17) is 4.74 Å². The van der Waals surface area contributed by atoms with E-state index < -0.39 is 0 Å². The Morgan fingerprint density at radius 2 is 1.52 bits per heavy atom. The molecule has 0 bridgehead atoms. The Morgan fingerprint density at radius 1 is 0.870 bits per heavy atom. The molecule has 4 heteroatoms. The number of carbonyl (C=O) groups is 1. The highest BCUT2D eigenvalue weighted by molar-refractivity contribution is 5.89. The van der Waals surface area contributed by atoms with Gasteiger partial charge in [0, 0.05) is 0 Å². The number of esters is 1. The van der Waals surface area contributed by atoms with Crippen molar-refractivity contribution in [3.8, 4) is 0 Å². The van der Waals surface area contributed by atoms with Gasteiger partial charge in [-0.1, -0.05) is 44.4 Å². The first kappa shape index (κ1) is 16.9. The second-order valence-electron chi connectivity index (χ2n) is 5.28. The topological polar surface area (TPSA) is 51.0 Å². The van der Waals surface area contributed by atoms with Crippen LogP contribution < -0.4 is 0 Å². The van der Waals surface area contributed by atoms with Gasteiger partial charge in [0.05, 0.1) is 23.5 Å². The molecule has 0 spiro atoms. The van der Waals surface area contributed by atoms with Crippen LogP contribution in [0, 0.1) is 0 Å². The lowest BCUT2D eigenvalue weighted by Gasteiger charge is -2.04. The first-order valence-corrected chi connectivity index (χ1v) is 8.03. The summed E-state index contributed by atoms with van der Waals surface area (Å²) in [5.74, 6) is -0.284. The van der Waals surface area contributed by atoms with Crippen molar-refractivity contribution in [2.45, 2.75) is 32.6 Å². The molecule has 0 aliphatic carbocycles. The van der Waals surface area contributed by atoms with Crippen molar-refractivity contribution in [2.24, 2.45) is 10.2 Å². The van der Waals surface area contributed by atoms with E-state index in [1.165, 1.54) is 12.8 Å². The maximum Gasteiger partial charge on any atom is 0.338 e. The molecule has 0 saturated heterocycles. The van der Waals surface area contributed by atoms with Gasteiger partial charge < -0.3 is 4.74 Å². The molecule has 2 rings (SSSR count). The van der Waals surface area contributed by atoms with Crippen LogP contribution >= 0.6 is 0 Å². The average molecular weight is 310 g/mol. The molecule has 0 unspecified atom stereocenters. The highest BCUT2D eigenvalue weighted by atomic mass is 16.5. The lowest BCUT2D eigenvalue weighted by atomic mass is 10.2. The molecule has 0 saturated carbocycles. The number of nitrogens with zero attached hydrogens (tertiary/aromatic N) is 2. The predicted octanol–water partition coefficient (Wildman–Crippen LogP) is 5.84. The standard InChI is InChI=1S/C19H22N2O2/c1-2-3-4-8-15-23-19(22)16-11-13-18(14-12-16)21-20-17-9-6-5-7-10-17/h5-7,9-14H,2-4,8,15H2,1H3. The van der Waals surface area contributed by atoms with Crippen molar-refractivity contribution in [3.63, 3.8) is 0 Å². The predicted molar refractivity (Wildman–Crippen MR) is 91.5 cm³/mol. The number of unbranched alkanes of at least 4 members (excludes halogenated alkanes) is 3. The summed E-state index contributed by atoms with van der Waals surface area (Å²) in [4.78, 5) is 11.9. The van der Waals surface area contributed by atoms with Crippen LogP contribution in [-0.4, -0.2) is 12.6 Å². The van der Waals surface area contributed by atoms with Crippen LogP contribution in [0.4, 0.5) is 11.4 Å². The van der Waals surface area contributed by atoms with Crippen LogP contribution in [0.15, 0.2) is 64.8 Å². The fourth-order valence-electron chi connectivity index (χ4n) is 2.05. The summed E-state index contributed by atoms with van der Waals surface area (Å²) >= 11 is 0. The Labute approximate surface area is 137 Å². The molecule has 0 aliphatic heterocycles. The van der Waals surface area contributed by atoms with Gasteiger partial charge >= 0.3 is 5.97 Å². The zero-order chi connectivity index (χ0) is 16.3. The maximum atomic E-state index is 11.9.